The second-order valence-corrected chi connectivity index (χ2v) is 3.43. The highest BCUT2D eigenvalue weighted by molar-refractivity contribution is 7.99. The lowest BCUT2D eigenvalue weighted by molar-refractivity contribution is -0.159. The molecular formula is C6H10O3S. The van der Waals surface area contributed by atoms with Gasteiger partial charge in [-0.2, -0.15) is 11.8 Å². The molecule has 0 saturated carbocycles. The van der Waals surface area contributed by atoms with Gasteiger partial charge in [0.15, 0.2) is 5.60 Å². The number of carbonyl (C=O) groups is 1. The molecule has 1 atom stereocenters. The summed E-state index contributed by atoms with van der Waals surface area (Å²) < 4.78 is 4.43. The summed E-state index contributed by atoms with van der Waals surface area (Å²) in [5, 5.41) is 9.46. The summed E-state index contributed by atoms with van der Waals surface area (Å²) in [5.41, 5.74) is -1.20. The Morgan fingerprint density at radius 2 is 2.50 bits per heavy atom. The molecule has 0 bridgehead atoms. The van der Waals surface area contributed by atoms with E-state index in [1.165, 1.54) is 7.11 Å². The van der Waals surface area contributed by atoms with Gasteiger partial charge in [-0.25, -0.2) is 4.79 Å². The minimum Gasteiger partial charge on any atom is -0.467 e. The minimum atomic E-state index is -1.20. The number of rotatable bonds is 1. The van der Waals surface area contributed by atoms with Gasteiger partial charge >= 0.3 is 5.97 Å². The van der Waals surface area contributed by atoms with E-state index in [4.69, 9.17) is 0 Å². The lowest BCUT2D eigenvalue weighted by Gasteiger charge is -2.16. The predicted molar refractivity (Wildman–Crippen MR) is 38.9 cm³/mol. The maximum Gasteiger partial charge on any atom is 0.338 e. The first-order valence-corrected chi connectivity index (χ1v) is 4.23. The van der Waals surface area contributed by atoms with Gasteiger partial charge in [-0.05, 0) is 12.2 Å². The average Bonchev–Trinajstić information content (AvgIpc) is 2.36. The molecule has 0 aromatic rings. The summed E-state index contributed by atoms with van der Waals surface area (Å²) in [4.78, 5) is 10.9. The van der Waals surface area contributed by atoms with Crippen LogP contribution in [0.5, 0.6) is 0 Å². The van der Waals surface area contributed by atoms with Crippen LogP contribution >= 0.6 is 11.8 Å². The summed E-state index contributed by atoms with van der Waals surface area (Å²) in [6.45, 7) is 0. The maximum atomic E-state index is 10.9. The number of aliphatic hydroxyl groups is 1. The van der Waals surface area contributed by atoms with Crippen LogP contribution in [-0.4, -0.2) is 35.3 Å². The topological polar surface area (TPSA) is 46.5 Å². The molecule has 1 rings (SSSR count). The summed E-state index contributed by atoms with van der Waals surface area (Å²) in [7, 11) is 1.29. The van der Waals surface area contributed by atoms with Gasteiger partial charge in [-0.1, -0.05) is 0 Å². The van der Waals surface area contributed by atoms with Gasteiger partial charge in [0.2, 0.25) is 0 Å². The fraction of sp³-hybridized carbons (Fsp3) is 0.833. The van der Waals surface area contributed by atoms with Gasteiger partial charge < -0.3 is 9.84 Å². The number of hydrogen-bond donors (Lipinski definition) is 1. The smallest absolute Gasteiger partial charge is 0.338 e. The number of methoxy groups -OCH3 is 1. The summed E-state index contributed by atoms with van der Waals surface area (Å²) in [6.07, 6.45) is 0.518. The Morgan fingerprint density at radius 3 is 2.90 bits per heavy atom. The standard InChI is InChI=1S/C6H10O3S/c1-9-5(7)6(8)2-3-10-4-6/h8H,2-4H2,1H3. The van der Waals surface area contributed by atoms with Crippen LogP contribution in [-0.2, 0) is 9.53 Å². The highest BCUT2D eigenvalue weighted by atomic mass is 32.2. The molecule has 0 radical (unpaired) electrons. The molecule has 4 heteroatoms. The van der Waals surface area contributed by atoms with Gasteiger partial charge in [-0.15, -0.1) is 0 Å². The van der Waals surface area contributed by atoms with Crippen LogP contribution in [0.4, 0.5) is 0 Å². The molecule has 0 aromatic heterocycles. The van der Waals surface area contributed by atoms with Crippen molar-refractivity contribution in [3.63, 3.8) is 0 Å². The van der Waals surface area contributed by atoms with Crippen LogP contribution in [0.2, 0.25) is 0 Å². The molecule has 1 heterocycles. The fourth-order valence-electron chi connectivity index (χ4n) is 0.905. The molecule has 1 fully saturated rings. The van der Waals surface area contributed by atoms with Gasteiger partial charge in [0.1, 0.15) is 0 Å². The van der Waals surface area contributed by atoms with Crippen molar-refractivity contribution in [2.45, 2.75) is 12.0 Å². The van der Waals surface area contributed by atoms with Crippen molar-refractivity contribution in [1.29, 1.82) is 0 Å². The molecule has 1 unspecified atom stereocenters. The third-order valence-electron chi connectivity index (χ3n) is 1.57. The van der Waals surface area contributed by atoms with E-state index in [9.17, 15) is 9.90 Å². The van der Waals surface area contributed by atoms with E-state index in [1.54, 1.807) is 11.8 Å². The second kappa shape index (κ2) is 2.80. The molecule has 0 spiro atoms. The number of ether oxygens (including phenoxy) is 1. The van der Waals surface area contributed by atoms with Crippen molar-refractivity contribution in [2.75, 3.05) is 18.6 Å². The molecule has 0 amide bonds. The Bertz CT molecular complexity index is 140. The first-order valence-electron chi connectivity index (χ1n) is 3.07. The summed E-state index contributed by atoms with van der Waals surface area (Å²) >= 11 is 1.57. The van der Waals surface area contributed by atoms with E-state index in [0.717, 1.165) is 5.75 Å². The molecule has 1 N–H and O–H groups in total. The third kappa shape index (κ3) is 1.27. The first kappa shape index (κ1) is 7.88. The summed E-state index contributed by atoms with van der Waals surface area (Å²) in [6, 6.07) is 0. The second-order valence-electron chi connectivity index (χ2n) is 2.33. The number of carbonyl (C=O) groups excluding carboxylic acids is 1. The van der Waals surface area contributed by atoms with Crippen LogP contribution < -0.4 is 0 Å². The fourth-order valence-corrected chi connectivity index (χ4v) is 2.13. The van der Waals surface area contributed by atoms with Gasteiger partial charge in [0, 0.05) is 5.75 Å². The molecule has 10 heavy (non-hydrogen) atoms. The van der Waals surface area contributed by atoms with Gasteiger partial charge in [0.25, 0.3) is 0 Å². The van der Waals surface area contributed by atoms with Crippen LogP contribution in [0.15, 0.2) is 0 Å². The van der Waals surface area contributed by atoms with E-state index in [0.29, 0.717) is 12.2 Å². The molecule has 1 saturated heterocycles. The van der Waals surface area contributed by atoms with Crippen molar-refractivity contribution in [3.8, 4) is 0 Å². The van der Waals surface area contributed by atoms with E-state index < -0.39 is 11.6 Å². The SMILES string of the molecule is COC(=O)C1(O)CCSC1. The van der Waals surface area contributed by atoms with Crippen molar-refractivity contribution < 1.29 is 14.6 Å². The van der Waals surface area contributed by atoms with Crippen LogP contribution in [0.3, 0.4) is 0 Å². The third-order valence-corrected chi connectivity index (χ3v) is 2.74. The number of esters is 1. The van der Waals surface area contributed by atoms with Gasteiger partial charge in [-0.3, -0.25) is 0 Å². The molecule has 58 valence electrons. The lowest BCUT2D eigenvalue weighted by Crippen LogP contribution is -2.39. The lowest BCUT2D eigenvalue weighted by atomic mass is 10.1. The van der Waals surface area contributed by atoms with Crippen molar-refractivity contribution in [3.05, 3.63) is 0 Å². The zero-order valence-electron chi connectivity index (χ0n) is 5.79. The van der Waals surface area contributed by atoms with E-state index in [1.807, 2.05) is 0 Å². The van der Waals surface area contributed by atoms with Crippen molar-refractivity contribution in [1.82, 2.24) is 0 Å². The molecule has 1 aliphatic rings. The molecule has 3 nitrogen and oxygen atoms in total. The quantitative estimate of drug-likeness (QED) is 0.552. The largest absolute Gasteiger partial charge is 0.467 e. The normalized spacial score (nSPS) is 32.2. The van der Waals surface area contributed by atoms with Crippen molar-refractivity contribution in [2.24, 2.45) is 0 Å². The van der Waals surface area contributed by atoms with E-state index >= 15 is 0 Å². The van der Waals surface area contributed by atoms with Crippen LogP contribution in [0.1, 0.15) is 6.42 Å². The van der Waals surface area contributed by atoms with Crippen molar-refractivity contribution >= 4 is 17.7 Å². The molecular weight excluding hydrogens is 152 g/mol. The first-order chi connectivity index (χ1) is 4.69. The monoisotopic (exact) mass is 162 g/mol. The van der Waals surface area contributed by atoms with Crippen LogP contribution in [0, 0.1) is 0 Å². The van der Waals surface area contributed by atoms with E-state index in [2.05, 4.69) is 4.74 Å². The highest BCUT2D eigenvalue weighted by Crippen LogP contribution is 2.28. The summed E-state index contributed by atoms with van der Waals surface area (Å²) in [5.74, 6) is 0.808. The molecule has 1 aliphatic heterocycles. The Kier molecular flexibility index (Phi) is 2.21. The van der Waals surface area contributed by atoms with Gasteiger partial charge in [0.05, 0.1) is 7.11 Å². The highest BCUT2D eigenvalue weighted by Gasteiger charge is 2.40. The minimum absolute atomic E-state index is 0.472. The Morgan fingerprint density at radius 1 is 1.80 bits per heavy atom. The maximum absolute atomic E-state index is 10.9. The zero-order valence-corrected chi connectivity index (χ0v) is 6.61. The van der Waals surface area contributed by atoms with E-state index in [-0.39, 0.29) is 0 Å². The van der Waals surface area contributed by atoms with Crippen LogP contribution in [0.25, 0.3) is 0 Å². The molecule has 0 aliphatic carbocycles. The average molecular weight is 162 g/mol. The Labute approximate surface area is 63.8 Å². The number of hydrogen-bond acceptors (Lipinski definition) is 4. The predicted octanol–water partition coefficient (Wildman–Crippen LogP) is 0.0274. The Hall–Kier alpha value is -0.220. The Balaban J connectivity index is 2.58. The number of thioether (sulfide) groups is 1. The molecule has 0 aromatic carbocycles. The zero-order chi connectivity index (χ0) is 7.61.